The second-order valence-corrected chi connectivity index (χ2v) is 8.75. The minimum absolute atomic E-state index is 0.111. The standard InChI is InChI=1S/C16H7BrClN3O3S2/c17-13-4-3-12(25-13)14-19-16(26-21-14)20-15(23)11-6-9(22)8-5-7(18)1-2-10(8)24-11/h1-6H,(H,19,20,21,23). The summed E-state index contributed by atoms with van der Waals surface area (Å²) in [5.41, 5.74) is -0.0614. The molecule has 10 heteroatoms. The zero-order valence-corrected chi connectivity index (χ0v) is 16.6. The zero-order valence-electron chi connectivity index (χ0n) is 12.7. The normalized spacial score (nSPS) is 11.0. The number of hydrogen-bond acceptors (Lipinski definition) is 7. The zero-order chi connectivity index (χ0) is 18.3. The number of halogens is 2. The summed E-state index contributed by atoms with van der Waals surface area (Å²) in [6.07, 6.45) is 0. The monoisotopic (exact) mass is 467 g/mol. The van der Waals surface area contributed by atoms with Gasteiger partial charge in [0, 0.05) is 22.6 Å². The highest BCUT2D eigenvalue weighted by Gasteiger charge is 2.16. The topological polar surface area (TPSA) is 85.1 Å². The third kappa shape index (κ3) is 3.43. The molecule has 0 saturated carbocycles. The minimum atomic E-state index is -0.575. The Morgan fingerprint density at radius 1 is 1.23 bits per heavy atom. The maximum atomic E-state index is 12.4. The number of aromatic nitrogens is 2. The van der Waals surface area contributed by atoms with E-state index in [1.54, 1.807) is 12.1 Å². The number of carbonyl (C=O) groups excluding carboxylic acids is 1. The lowest BCUT2D eigenvalue weighted by Crippen LogP contribution is -2.14. The second-order valence-electron chi connectivity index (χ2n) is 5.10. The van der Waals surface area contributed by atoms with Crippen molar-refractivity contribution in [2.45, 2.75) is 0 Å². The molecule has 1 N–H and O–H groups in total. The van der Waals surface area contributed by atoms with Gasteiger partial charge < -0.3 is 4.42 Å². The number of carbonyl (C=O) groups is 1. The van der Waals surface area contributed by atoms with E-state index >= 15 is 0 Å². The highest BCUT2D eigenvalue weighted by atomic mass is 79.9. The van der Waals surface area contributed by atoms with Gasteiger partial charge in [-0.1, -0.05) is 11.6 Å². The molecular formula is C16H7BrClN3O3S2. The van der Waals surface area contributed by atoms with Gasteiger partial charge in [0.15, 0.2) is 17.0 Å². The van der Waals surface area contributed by atoms with E-state index in [0.717, 1.165) is 26.3 Å². The number of nitrogens with zero attached hydrogens (tertiary/aromatic N) is 2. The molecule has 1 aromatic carbocycles. The Bertz CT molecular complexity index is 1200. The maximum Gasteiger partial charge on any atom is 0.293 e. The number of nitrogens with one attached hydrogen (secondary N) is 1. The Hall–Kier alpha value is -2.07. The van der Waals surface area contributed by atoms with E-state index < -0.39 is 5.91 Å². The third-order valence-electron chi connectivity index (χ3n) is 3.35. The lowest BCUT2D eigenvalue weighted by Gasteiger charge is -2.02. The van der Waals surface area contributed by atoms with Gasteiger partial charge in [-0.15, -0.1) is 11.3 Å². The van der Waals surface area contributed by atoms with E-state index in [9.17, 15) is 9.59 Å². The molecule has 3 heterocycles. The summed E-state index contributed by atoms with van der Waals surface area (Å²) in [5, 5.41) is 3.65. The molecule has 4 aromatic rings. The Labute approximate surface area is 167 Å². The second kappa shape index (κ2) is 6.92. The minimum Gasteiger partial charge on any atom is -0.451 e. The van der Waals surface area contributed by atoms with Crippen LogP contribution in [0.25, 0.3) is 21.7 Å². The van der Waals surface area contributed by atoms with Crippen LogP contribution < -0.4 is 10.7 Å². The number of thiophene rings is 1. The summed E-state index contributed by atoms with van der Waals surface area (Å²) < 4.78 is 10.7. The molecule has 0 unspecified atom stereocenters. The third-order valence-corrected chi connectivity index (χ3v) is 5.84. The molecular weight excluding hydrogens is 462 g/mol. The first kappa shape index (κ1) is 17.3. The fourth-order valence-corrected chi connectivity index (χ4v) is 4.34. The van der Waals surface area contributed by atoms with E-state index in [-0.39, 0.29) is 16.8 Å². The predicted octanol–water partition coefficient (Wildman–Crippen LogP) is 5.04. The van der Waals surface area contributed by atoms with E-state index in [0.29, 0.717) is 21.4 Å². The van der Waals surface area contributed by atoms with Gasteiger partial charge in [0.1, 0.15) is 5.58 Å². The molecule has 1 amide bonds. The quantitative estimate of drug-likeness (QED) is 0.455. The molecule has 130 valence electrons. The van der Waals surface area contributed by atoms with Gasteiger partial charge in [-0.2, -0.15) is 9.36 Å². The van der Waals surface area contributed by atoms with Crippen molar-refractivity contribution in [3.63, 3.8) is 0 Å². The molecule has 0 spiro atoms. The summed E-state index contributed by atoms with van der Waals surface area (Å²) in [6, 6.07) is 9.55. The molecule has 26 heavy (non-hydrogen) atoms. The van der Waals surface area contributed by atoms with Crippen molar-refractivity contribution >= 4 is 72.4 Å². The first-order chi connectivity index (χ1) is 12.5. The maximum absolute atomic E-state index is 12.4. The van der Waals surface area contributed by atoms with Crippen molar-refractivity contribution < 1.29 is 9.21 Å². The predicted molar refractivity (Wildman–Crippen MR) is 106 cm³/mol. The van der Waals surface area contributed by atoms with Crippen LogP contribution in [0.5, 0.6) is 0 Å². The number of hydrogen-bond donors (Lipinski definition) is 1. The number of amides is 1. The smallest absolute Gasteiger partial charge is 0.293 e. The molecule has 0 aliphatic carbocycles. The molecule has 0 radical (unpaired) electrons. The molecule has 0 fully saturated rings. The summed E-state index contributed by atoms with van der Waals surface area (Å²) in [6.45, 7) is 0. The van der Waals surface area contributed by atoms with Crippen molar-refractivity contribution in [2.24, 2.45) is 0 Å². The number of benzene rings is 1. The fraction of sp³-hybridized carbons (Fsp3) is 0. The first-order valence-electron chi connectivity index (χ1n) is 7.14. The van der Waals surface area contributed by atoms with Gasteiger partial charge >= 0.3 is 0 Å². The van der Waals surface area contributed by atoms with Crippen molar-refractivity contribution in [2.75, 3.05) is 5.32 Å². The lowest BCUT2D eigenvalue weighted by atomic mass is 10.2. The highest BCUT2D eigenvalue weighted by Crippen LogP contribution is 2.31. The number of rotatable bonds is 3. The van der Waals surface area contributed by atoms with Crippen LogP contribution in [0.3, 0.4) is 0 Å². The van der Waals surface area contributed by atoms with E-state index in [1.807, 2.05) is 12.1 Å². The van der Waals surface area contributed by atoms with Crippen LogP contribution in [0.15, 0.2) is 49.4 Å². The lowest BCUT2D eigenvalue weighted by molar-refractivity contribution is 0.0997. The van der Waals surface area contributed by atoms with Crippen LogP contribution in [0.2, 0.25) is 5.02 Å². The molecule has 0 atom stereocenters. The van der Waals surface area contributed by atoms with E-state index in [4.69, 9.17) is 16.0 Å². The Balaban J connectivity index is 1.61. The van der Waals surface area contributed by atoms with Crippen molar-refractivity contribution in [3.8, 4) is 10.7 Å². The highest BCUT2D eigenvalue weighted by molar-refractivity contribution is 9.11. The van der Waals surface area contributed by atoms with Gasteiger partial charge in [-0.05, 0) is 46.3 Å². The Morgan fingerprint density at radius 2 is 2.08 bits per heavy atom. The van der Waals surface area contributed by atoms with Crippen LogP contribution in [0.4, 0.5) is 5.13 Å². The Morgan fingerprint density at radius 3 is 2.85 bits per heavy atom. The van der Waals surface area contributed by atoms with Crippen LogP contribution in [0, 0.1) is 0 Å². The molecule has 6 nitrogen and oxygen atoms in total. The van der Waals surface area contributed by atoms with Gasteiger partial charge in [0.2, 0.25) is 5.13 Å². The SMILES string of the molecule is O=C(Nc1nc(-c2ccc(Br)s2)ns1)c1cc(=O)c2cc(Cl)ccc2o1. The number of fused-ring (bicyclic) bond motifs is 1. The van der Waals surface area contributed by atoms with Gasteiger partial charge in [0.25, 0.3) is 5.91 Å². The summed E-state index contributed by atoms with van der Waals surface area (Å²) in [5.74, 6) is -0.162. The van der Waals surface area contributed by atoms with E-state index in [2.05, 4.69) is 30.6 Å². The van der Waals surface area contributed by atoms with Gasteiger partial charge in [-0.25, -0.2) is 0 Å². The van der Waals surface area contributed by atoms with E-state index in [1.165, 1.54) is 17.4 Å². The molecule has 0 aliphatic rings. The number of anilines is 1. The largest absolute Gasteiger partial charge is 0.451 e. The summed E-state index contributed by atoms with van der Waals surface area (Å²) in [7, 11) is 0. The first-order valence-corrected chi connectivity index (χ1v) is 9.90. The van der Waals surface area contributed by atoms with Gasteiger partial charge in [0.05, 0.1) is 14.0 Å². The van der Waals surface area contributed by atoms with Crippen molar-refractivity contribution in [3.05, 3.63) is 61.2 Å². The average Bonchev–Trinajstić information content (AvgIpc) is 3.24. The van der Waals surface area contributed by atoms with Crippen LogP contribution in [-0.2, 0) is 0 Å². The summed E-state index contributed by atoms with van der Waals surface area (Å²) >= 11 is 11.8. The van der Waals surface area contributed by atoms with Crippen LogP contribution in [-0.4, -0.2) is 15.3 Å². The molecule has 0 saturated heterocycles. The van der Waals surface area contributed by atoms with Gasteiger partial charge in [-0.3, -0.25) is 14.9 Å². The molecule has 3 aromatic heterocycles. The molecule has 0 aliphatic heterocycles. The fourth-order valence-electron chi connectivity index (χ4n) is 2.21. The van der Waals surface area contributed by atoms with Crippen molar-refractivity contribution in [1.82, 2.24) is 9.36 Å². The molecule has 0 bridgehead atoms. The van der Waals surface area contributed by atoms with Crippen LogP contribution in [0.1, 0.15) is 10.6 Å². The Kier molecular flexibility index (Phi) is 4.62. The molecule has 4 rings (SSSR count). The van der Waals surface area contributed by atoms with Crippen molar-refractivity contribution in [1.29, 1.82) is 0 Å². The summed E-state index contributed by atoms with van der Waals surface area (Å²) in [4.78, 5) is 29.7. The average molecular weight is 469 g/mol. The van der Waals surface area contributed by atoms with Crippen LogP contribution >= 0.6 is 50.4 Å².